The minimum absolute atomic E-state index is 0.00406. The van der Waals surface area contributed by atoms with E-state index in [1.807, 2.05) is 36.4 Å². The van der Waals surface area contributed by atoms with E-state index in [9.17, 15) is 4.79 Å². The minimum Gasteiger partial charge on any atom is -0.350 e. The zero-order valence-electron chi connectivity index (χ0n) is 12.5. The second-order valence-corrected chi connectivity index (χ2v) is 6.41. The number of hydrogen-bond donors (Lipinski definition) is 1. The van der Waals surface area contributed by atoms with Gasteiger partial charge in [0.25, 0.3) is 0 Å². The van der Waals surface area contributed by atoms with E-state index in [0.717, 1.165) is 15.6 Å². The Morgan fingerprint density at radius 2 is 2.00 bits per heavy atom. The van der Waals surface area contributed by atoms with Crippen LogP contribution in [0.1, 0.15) is 5.56 Å². The van der Waals surface area contributed by atoms with Crippen LogP contribution in [0, 0.1) is 0 Å². The quantitative estimate of drug-likeness (QED) is 0.707. The molecule has 0 aliphatic carbocycles. The minimum atomic E-state index is -0.199. The Morgan fingerprint density at radius 3 is 2.75 bits per heavy atom. The van der Waals surface area contributed by atoms with Gasteiger partial charge < -0.3 is 5.32 Å². The average Bonchev–Trinajstić information content (AvgIpc) is 3.02. The molecule has 0 saturated heterocycles. The SMILES string of the molecule is O=C(Cn1nnc(-c2ccc(Br)cc2)n1)NCc1cccc(Cl)c1. The van der Waals surface area contributed by atoms with Crippen molar-refractivity contribution < 1.29 is 4.79 Å². The average molecular weight is 407 g/mol. The number of rotatable bonds is 5. The first-order valence-electron chi connectivity index (χ1n) is 7.15. The highest BCUT2D eigenvalue weighted by molar-refractivity contribution is 9.10. The van der Waals surface area contributed by atoms with E-state index in [1.54, 1.807) is 12.1 Å². The molecule has 1 heterocycles. The van der Waals surface area contributed by atoms with Gasteiger partial charge in [0, 0.05) is 21.6 Å². The lowest BCUT2D eigenvalue weighted by Gasteiger charge is -2.04. The third-order valence-electron chi connectivity index (χ3n) is 3.22. The van der Waals surface area contributed by atoms with Crippen molar-refractivity contribution in [2.75, 3.05) is 0 Å². The summed E-state index contributed by atoms with van der Waals surface area (Å²) in [5.41, 5.74) is 1.77. The summed E-state index contributed by atoms with van der Waals surface area (Å²) < 4.78 is 0.971. The molecule has 6 nitrogen and oxygen atoms in total. The molecule has 1 N–H and O–H groups in total. The summed E-state index contributed by atoms with van der Waals surface area (Å²) >= 11 is 9.29. The molecular weight excluding hydrogens is 394 g/mol. The van der Waals surface area contributed by atoms with Crippen LogP contribution in [-0.4, -0.2) is 26.1 Å². The highest BCUT2D eigenvalue weighted by atomic mass is 79.9. The molecule has 0 unspecified atom stereocenters. The molecule has 2 aromatic carbocycles. The Balaban J connectivity index is 1.58. The topological polar surface area (TPSA) is 72.7 Å². The summed E-state index contributed by atoms with van der Waals surface area (Å²) in [5.74, 6) is 0.278. The Bertz CT molecular complexity index is 850. The Kier molecular flexibility index (Phi) is 5.22. The molecule has 0 atom stereocenters. The van der Waals surface area contributed by atoms with Gasteiger partial charge in [0.2, 0.25) is 11.7 Å². The van der Waals surface area contributed by atoms with Crippen molar-refractivity contribution in [2.45, 2.75) is 13.1 Å². The number of carbonyl (C=O) groups excluding carboxylic acids is 1. The van der Waals surface area contributed by atoms with Crippen molar-refractivity contribution in [1.29, 1.82) is 0 Å². The van der Waals surface area contributed by atoms with Crippen molar-refractivity contribution in [3.63, 3.8) is 0 Å². The van der Waals surface area contributed by atoms with Crippen molar-refractivity contribution in [3.05, 3.63) is 63.6 Å². The summed E-state index contributed by atoms with van der Waals surface area (Å²) in [5, 5.41) is 15.5. The van der Waals surface area contributed by atoms with E-state index in [4.69, 9.17) is 11.6 Å². The number of nitrogens with zero attached hydrogens (tertiary/aromatic N) is 4. The molecule has 0 fully saturated rings. The highest BCUT2D eigenvalue weighted by Crippen LogP contribution is 2.17. The smallest absolute Gasteiger partial charge is 0.243 e. The number of aromatic nitrogens is 4. The fourth-order valence-electron chi connectivity index (χ4n) is 2.06. The number of carbonyl (C=O) groups is 1. The predicted octanol–water partition coefficient (Wildman–Crippen LogP) is 3.07. The molecule has 0 radical (unpaired) electrons. The second-order valence-electron chi connectivity index (χ2n) is 5.06. The van der Waals surface area contributed by atoms with Gasteiger partial charge in [-0.05, 0) is 47.2 Å². The molecule has 0 spiro atoms. The van der Waals surface area contributed by atoms with Crippen LogP contribution in [0.25, 0.3) is 11.4 Å². The summed E-state index contributed by atoms with van der Waals surface area (Å²) in [4.78, 5) is 13.3. The Morgan fingerprint density at radius 1 is 1.21 bits per heavy atom. The molecule has 0 aliphatic rings. The molecule has 122 valence electrons. The third-order valence-corrected chi connectivity index (χ3v) is 3.98. The van der Waals surface area contributed by atoms with E-state index >= 15 is 0 Å². The number of hydrogen-bond acceptors (Lipinski definition) is 4. The molecular formula is C16H13BrClN5O. The Hall–Kier alpha value is -2.25. The maximum atomic E-state index is 12.0. The van der Waals surface area contributed by atoms with Crippen LogP contribution in [-0.2, 0) is 17.9 Å². The molecule has 3 aromatic rings. The maximum absolute atomic E-state index is 12.0. The van der Waals surface area contributed by atoms with Gasteiger partial charge in [-0.15, -0.1) is 10.2 Å². The Labute approximate surface area is 152 Å². The molecule has 8 heteroatoms. The van der Waals surface area contributed by atoms with Crippen molar-refractivity contribution in [3.8, 4) is 11.4 Å². The summed E-state index contributed by atoms with van der Waals surface area (Å²) in [6.45, 7) is 0.401. The van der Waals surface area contributed by atoms with E-state index in [-0.39, 0.29) is 12.5 Å². The monoisotopic (exact) mass is 405 g/mol. The first kappa shape index (κ1) is 16.6. The molecule has 0 saturated carbocycles. The summed E-state index contributed by atoms with van der Waals surface area (Å²) in [6.07, 6.45) is 0. The van der Waals surface area contributed by atoms with Gasteiger partial charge in [-0.3, -0.25) is 4.79 Å². The van der Waals surface area contributed by atoms with E-state index < -0.39 is 0 Å². The lowest BCUT2D eigenvalue weighted by Crippen LogP contribution is -2.28. The van der Waals surface area contributed by atoms with E-state index in [2.05, 4.69) is 36.7 Å². The van der Waals surface area contributed by atoms with Gasteiger partial charge in [0.1, 0.15) is 6.54 Å². The van der Waals surface area contributed by atoms with Gasteiger partial charge in [0.05, 0.1) is 0 Å². The number of nitrogens with one attached hydrogen (secondary N) is 1. The van der Waals surface area contributed by atoms with Gasteiger partial charge in [-0.2, -0.15) is 4.80 Å². The van der Waals surface area contributed by atoms with Gasteiger partial charge in [0.15, 0.2) is 0 Å². The largest absolute Gasteiger partial charge is 0.350 e. The summed E-state index contributed by atoms with van der Waals surface area (Å²) in [7, 11) is 0. The number of benzene rings is 2. The van der Waals surface area contributed by atoms with Gasteiger partial charge >= 0.3 is 0 Å². The van der Waals surface area contributed by atoms with Crippen molar-refractivity contribution in [1.82, 2.24) is 25.5 Å². The molecule has 24 heavy (non-hydrogen) atoms. The van der Waals surface area contributed by atoms with Gasteiger partial charge in [-0.1, -0.05) is 39.7 Å². The molecule has 3 rings (SSSR count). The fourth-order valence-corrected chi connectivity index (χ4v) is 2.53. The van der Waals surface area contributed by atoms with Crippen LogP contribution in [0.3, 0.4) is 0 Å². The van der Waals surface area contributed by atoms with Crippen LogP contribution < -0.4 is 5.32 Å². The molecule has 0 aliphatic heterocycles. The number of amides is 1. The summed E-state index contributed by atoms with van der Waals surface area (Å²) in [6, 6.07) is 14.9. The second kappa shape index (κ2) is 7.55. The van der Waals surface area contributed by atoms with Gasteiger partial charge in [-0.25, -0.2) is 0 Å². The van der Waals surface area contributed by atoms with Crippen LogP contribution in [0.15, 0.2) is 53.0 Å². The maximum Gasteiger partial charge on any atom is 0.243 e. The fraction of sp³-hybridized carbons (Fsp3) is 0.125. The van der Waals surface area contributed by atoms with Crippen LogP contribution in [0.4, 0.5) is 0 Å². The first-order valence-corrected chi connectivity index (χ1v) is 8.32. The highest BCUT2D eigenvalue weighted by Gasteiger charge is 2.09. The van der Waals surface area contributed by atoms with Crippen LogP contribution in [0.5, 0.6) is 0 Å². The first-order chi connectivity index (χ1) is 11.6. The third kappa shape index (κ3) is 4.39. The zero-order valence-corrected chi connectivity index (χ0v) is 14.8. The predicted molar refractivity (Wildman–Crippen MR) is 94.3 cm³/mol. The van der Waals surface area contributed by atoms with Crippen molar-refractivity contribution in [2.24, 2.45) is 0 Å². The molecule has 0 bridgehead atoms. The lowest BCUT2D eigenvalue weighted by molar-refractivity contribution is -0.122. The standard InChI is InChI=1S/C16H13BrClN5O/c17-13-6-4-12(5-7-13)16-20-22-23(21-16)10-15(24)19-9-11-2-1-3-14(18)8-11/h1-8H,9-10H2,(H,19,24). The normalized spacial score (nSPS) is 10.6. The number of halogens is 2. The van der Waals surface area contributed by atoms with E-state index in [1.165, 1.54) is 4.80 Å². The zero-order chi connectivity index (χ0) is 16.9. The van der Waals surface area contributed by atoms with Crippen LogP contribution in [0.2, 0.25) is 5.02 Å². The molecule has 1 amide bonds. The van der Waals surface area contributed by atoms with Crippen LogP contribution >= 0.6 is 27.5 Å². The van der Waals surface area contributed by atoms with Crippen molar-refractivity contribution >= 4 is 33.4 Å². The van der Waals surface area contributed by atoms with E-state index in [0.29, 0.717) is 17.4 Å². The molecule has 1 aromatic heterocycles. The number of tetrazole rings is 1. The lowest BCUT2D eigenvalue weighted by atomic mass is 10.2.